The lowest BCUT2D eigenvalue weighted by molar-refractivity contribution is -0.385. The van der Waals surface area contributed by atoms with Crippen molar-refractivity contribution in [2.24, 2.45) is 5.92 Å². The molecule has 1 N–H and O–H groups in total. The molecule has 1 fully saturated rings. The van der Waals surface area contributed by atoms with Crippen molar-refractivity contribution in [3.8, 4) is 0 Å². The standard InChI is InChI=1S/C13H15FN2O3/c14-11-6-9(7-12(8-11)16(18)19)5-10-3-1-2-4-15-13(10)17/h6-8,10H,1-5H2,(H,15,17). The summed E-state index contributed by atoms with van der Waals surface area (Å²) in [5.74, 6) is -0.924. The molecule has 0 spiro atoms. The maximum absolute atomic E-state index is 13.3. The van der Waals surface area contributed by atoms with Crippen molar-refractivity contribution in [2.75, 3.05) is 6.54 Å². The fourth-order valence-corrected chi connectivity index (χ4v) is 2.34. The molecule has 5 nitrogen and oxygen atoms in total. The Morgan fingerprint density at radius 2 is 2.16 bits per heavy atom. The van der Waals surface area contributed by atoms with E-state index < -0.39 is 10.7 Å². The van der Waals surface area contributed by atoms with E-state index in [1.807, 2.05) is 0 Å². The molecule has 0 radical (unpaired) electrons. The molecule has 102 valence electrons. The van der Waals surface area contributed by atoms with Gasteiger partial charge in [0.25, 0.3) is 5.69 Å². The largest absolute Gasteiger partial charge is 0.356 e. The lowest BCUT2D eigenvalue weighted by Crippen LogP contribution is -2.30. The highest BCUT2D eigenvalue weighted by atomic mass is 19.1. The number of nitro benzene ring substituents is 1. The Balaban J connectivity index is 2.17. The zero-order chi connectivity index (χ0) is 13.8. The third kappa shape index (κ3) is 3.49. The zero-order valence-corrected chi connectivity index (χ0v) is 10.4. The maximum Gasteiger partial charge on any atom is 0.272 e. The Bertz CT molecular complexity index is 505. The predicted octanol–water partition coefficient (Wildman–Crippen LogP) is 2.19. The number of nitrogens with zero attached hydrogens (tertiary/aromatic N) is 1. The van der Waals surface area contributed by atoms with Gasteiger partial charge >= 0.3 is 0 Å². The Labute approximate surface area is 110 Å². The minimum atomic E-state index is -0.641. The first-order valence-corrected chi connectivity index (χ1v) is 6.28. The van der Waals surface area contributed by atoms with Gasteiger partial charge < -0.3 is 5.32 Å². The van der Waals surface area contributed by atoms with Crippen LogP contribution in [0.25, 0.3) is 0 Å². The second-order valence-electron chi connectivity index (χ2n) is 4.76. The summed E-state index contributed by atoms with van der Waals surface area (Å²) in [5, 5.41) is 13.5. The fourth-order valence-electron chi connectivity index (χ4n) is 2.34. The number of hydrogen-bond donors (Lipinski definition) is 1. The van der Waals surface area contributed by atoms with E-state index in [9.17, 15) is 19.3 Å². The minimum absolute atomic E-state index is 0.0515. The second kappa shape index (κ2) is 5.77. The van der Waals surface area contributed by atoms with Gasteiger partial charge in [-0.05, 0) is 30.9 Å². The van der Waals surface area contributed by atoms with Crippen molar-refractivity contribution in [1.29, 1.82) is 0 Å². The molecule has 1 aliphatic heterocycles. The first-order chi connectivity index (χ1) is 9.06. The van der Waals surface area contributed by atoms with Gasteiger partial charge in [0.05, 0.1) is 11.0 Å². The summed E-state index contributed by atoms with van der Waals surface area (Å²) in [6.07, 6.45) is 2.94. The molecule has 2 rings (SSSR count). The molecule has 0 aromatic heterocycles. The van der Waals surface area contributed by atoms with Crippen LogP contribution in [0.3, 0.4) is 0 Å². The number of non-ortho nitro benzene ring substituents is 1. The van der Waals surface area contributed by atoms with Crippen molar-refractivity contribution in [3.05, 3.63) is 39.7 Å². The van der Waals surface area contributed by atoms with Gasteiger partial charge in [-0.2, -0.15) is 0 Å². The molecule has 6 heteroatoms. The third-order valence-electron chi connectivity index (χ3n) is 3.28. The van der Waals surface area contributed by atoms with Gasteiger partial charge in [0, 0.05) is 18.5 Å². The average molecular weight is 266 g/mol. The van der Waals surface area contributed by atoms with Crippen LogP contribution in [-0.4, -0.2) is 17.4 Å². The number of hydrogen-bond acceptors (Lipinski definition) is 3. The number of carbonyl (C=O) groups is 1. The smallest absolute Gasteiger partial charge is 0.272 e. The Hall–Kier alpha value is -1.98. The summed E-state index contributed by atoms with van der Waals surface area (Å²) >= 11 is 0. The molecule has 0 bridgehead atoms. The van der Waals surface area contributed by atoms with E-state index in [2.05, 4.69) is 5.32 Å². The average Bonchev–Trinajstić information content (AvgIpc) is 2.54. The van der Waals surface area contributed by atoms with E-state index >= 15 is 0 Å². The summed E-state index contributed by atoms with van der Waals surface area (Å²) in [7, 11) is 0. The van der Waals surface area contributed by atoms with Crippen molar-refractivity contribution in [3.63, 3.8) is 0 Å². The Morgan fingerprint density at radius 3 is 2.89 bits per heavy atom. The molecule has 19 heavy (non-hydrogen) atoms. The molecule has 1 unspecified atom stereocenters. The zero-order valence-electron chi connectivity index (χ0n) is 10.4. The molecule has 1 aromatic rings. The number of carbonyl (C=O) groups excluding carboxylic acids is 1. The molecular weight excluding hydrogens is 251 g/mol. The molecule has 1 atom stereocenters. The molecule has 1 amide bonds. The van der Waals surface area contributed by atoms with Crippen LogP contribution in [0.5, 0.6) is 0 Å². The van der Waals surface area contributed by atoms with Crippen molar-refractivity contribution < 1.29 is 14.1 Å². The van der Waals surface area contributed by atoms with E-state index in [4.69, 9.17) is 0 Å². The monoisotopic (exact) mass is 266 g/mol. The van der Waals surface area contributed by atoms with Crippen LogP contribution in [0.4, 0.5) is 10.1 Å². The van der Waals surface area contributed by atoms with Gasteiger partial charge in [-0.1, -0.05) is 6.42 Å². The van der Waals surface area contributed by atoms with Crippen molar-refractivity contribution >= 4 is 11.6 Å². The summed E-state index contributed by atoms with van der Waals surface area (Å²) in [6, 6.07) is 3.48. The fraction of sp³-hybridized carbons (Fsp3) is 0.462. The van der Waals surface area contributed by atoms with Gasteiger partial charge in [-0.3, -0.25) is 14.9 Å². The molecule has 0 aliphatic carbocycles. The lowest BCUT2D eigenvalue weighted by atomic mass is 9.94. The normalized spacial score (nSPS) is 19.6. The van der Waals surface area contributed by atoms with E-state index in [0.717, 1.165) is 25.3 Å². The van der Waals surface area contributed by atoms with E-state index in [-0.39, 0.29) is 17.5 Å². The van der Waals surface area contributed by atoms with Crippen LogP contribution in [0.15, 0.2) is 18.2 Å². The van der Waals surface area contributed by atoms with Crippen LogP contribution in [0, 0.1) is 21.8 Å². The van der Waals surface area contributed by atoms with E-state index in [1.165, 1.54) is 12.1 Å². The number of nitro groups is 1. The summed E-state index contributed by atoms with van der Waals surface area (Å²) in [6.45, 7) is 0.665. The first-order valence-electron chi connectivity index (χ1n) is 6.28. The summed E-state index contributed by atoms with van der Waals surface area (Å²) < 4.78 is 13.3. The third-order valence-corrected chi connectivity index (χ3v) is 3.28. The quantitative estimate of drug-likeness (QED) is 0.673. The number of amides is 1. The van der Waals surface area contributed by atoms with Gasteiger partial charge in [0.2, 0.25) is 5.91 Å². The van der Waals surface area contributed by atoms with Gasteiger partial charge in [0.1, 0.15) is 5.82 Å². The predicted molar refractivity (Wildman–Crippen MR) is 67.1 cm³/mol. The molecule has 1 aromatic carbocycles. The topological polar surface area (TPSA) is 72.2 Å². The number of rotatable bonds is 3. The number of halogens is 1. The summed E-state index contributed by atoms with van der Waals surface area (Å²) in [4.78, 5) is 21.8. The van der Waals surface area contributed by atoms with Crippen LogP contribution in [0.2, 0.25) is 0 Å². The Kier molecular flexibility index (Phi) is 4.09. The van der Waals surface area contributed by atoms with Crippen molar-refractivity contribution in [2.45, 2.75) is 25.7 Å². The van der Waals surface area contributed by atoms with E-state index in [1.54, 1.807) is 0 Å². The van der Waals surface area contributed by atoms with E-state index in [0.29, 0.717) is 18.5 Å². The highest BCUT2D eigenvalue weighted by Gasteiger charge is 2.22. The van der Waals surface area contributed by atoms with Crippen LogP contribution in [-0.2, 0) is 11.2 Å². The molecular formula is C13H15FN2O3. The van der Waals surface area contributed by atoms with Crippen LogP contribution >= 0.6 is 0 Å². The van der Waals surface area contributed by atoms with Gasteiger partial charge in [0.15, 0.2) is 0 Å². The highest BCUT2D eigenvalue weighted by Crippen LogP contribution is 2.22. The van der Waals surface area contributed by atoms with Crippen LogP contribution < -0.4 is 5.32 Å². The minimum Gasteiger partial charge on any atom is -0.356 e. The van der Waals surface area contributed by atoms with Crippen molar-refractivity contribution in [1.82, 2.24) is 5.32 Å². The number of nitrogens with one attached hydrogen (secondary N) is 1. The molecule has 0 saturated carbocycles. The van der Waals surface area contributed by atoms with Crippen LogP contribution in [0.1, 0.15) is 24.8 Å². The number of benzene rings is 1. The van der Waals surface area contributed by atoms with Gasteiger partial charge in [-0.25, -0.2) is 4.39 Å². The SMILES string of the molecule is O=C1NCCCCC1Cc1cc(F)cc([N+](=O)[O-])c1. The first kappa shape index (κ1) is 13.5. The molecule has 1 saturated heterocycles. The Morgan fingerprint density at radius 1 is 1.37 bits per heavy atom. The lowest BCUT2D eigenvalue weighted by Gasteiger charge is -2.12. The second-order valence-corrected chi connectivity index (χ2v) is 4.76. The molecule has 1 aliphatic rings. The van der Waals surface area contributed by atoms with Gasteiger partial charge in [-0.15, -0.1) is 0 Å². The molecule has 1 heterocycles. The highest BCUT2D eigenvalue weighted by molar-refractivity contribution is 5.79. The maximum atomic E-state index is 13.3. The summed E-state index contributed by atoms with van der Waals surface area (Å²) in [5.41, 5.74) is 0.220.